The zero-order valence-electron chi connectivity index (χ0n) is 66.3. The van der Waals surface area contributed by atoms with Gasteiger partial charge < -0.3 is 34.0 Å². The summed E-state index contributed by atoms with van der Waals surface area (Å²) < 4.78 is 80.1. The molecule has 1 amide bonds. The molecule has 3 unspecified atom stereocenters. The van der Waals surface area contributed by atoms with Gasteiger partial charge in [0.25, 0.3) is 0 Å². The van der Waals surface area contributed by atoms with E-state index in [1.54, 1.807) is 11.8 Å². The van der Waals surface area contributed by atoms with Gasteiger partial charge in [0.15, 0.2) is 11.5 Å². The molecule has 111 heavy (non-hydrogen) atoms. The van der Waals surface area contributed by atoms with E-state index in [0.29, 0.717) is 50.2 Å². The van der Waals surface area contributed by atoms with Crippen LogP contribution >= 0.6 is 11.8 Å². The summed E-state index contributed by atoms with van der Waals surface area (Å²) in [6.45, 7) is 25.7. The molecule has 14 rings (SSSR count). The van der Waals surface area contributed by atoms with Crippen molar-refractivity contribution in [3.8, 4) is 0 Å². The Labute approximate surface area is 680 Å². The van der Waals surface area contributed by atoms with Crippen molar-refractivity contribution in [1.82, 2.24) is 19.9 Å². The van der Waals surface area contributed by atoms with E-state index in [1.807, 2.05) is 31.2 Å². The number of rotatable bonds is 27. The Morgan fingerprint density at radius 3 is 2.15 bits per heavy atom. The van der Waals surface area contributed by atoms with E-state index in [2.05, 4.69) is 209 Å². The molecule has 3 aromatic heterocycles. The molecule has 8 bridgehead atoms. The van der Waals surface area contributed by atoms with Crippen molar-refractivity contribution in [2.75, 3.05) is 41.4 Å². The second kappa shape index (κ2) is 33.3. The number of hydrogen-bond acceptors (Lipinski definition) is 13. The molecule has 7 heterocycles. The SMILES string of the molecule is CCCCCCOC(C)c1c(C)c2cc3nc(c4c5[nH]c(cc6nc(cc1[nH]2)C(C)=C6CC)c(C)c5C(=O)C4)C(CCC(=O)Nc1ccc(SC2=C(C=CC4=[N+](CCCCS(=O)(=O)[O-])c5ccc6ccccc6c5C4(C)C)CCCC2=CC=C2N(CCCCS(=O)(=O)[O-])c4ccc5ccccc5c4C2(C)C)cc1)C3C.[Na+]. The van der Waals surface area contributed by atoms with Gasteiger partial charge >= 0.3 is 29.6 Å². The zero-order valence-corrected chi connectivity index (χ0v) is 70.8. The van der Waals surface area contributed by atoms with E-state index in [4.69, 9.17) is 14.7 Å². The Morgan fingerprint density at radius 2 is 1.44 bits per heavy atom. The monoisotopic (exact) mass is 1560 g/mol. The van der Waals surface area contributed by atoms with Crippen LogP contribution in [0.1, 0.15) is 237 Å². The predicted molar refractivity (Wildman–Crippen MR) is 446 cm³/mol. The standard InChI is InChI=1S/C91H103N7O9S3.Na/c1-12-14-15-22-48-107-59(7)83-57(5)73-52-72-56(4)67(87(95-72)70-51-79(99)84-58(6)74(96-88(70)84)53-75-66(13-2)55(3)71(93-75)54-76(83)94-73)40-45-82(100)92-64-36-38-65(39-37-64)108-89-62(34-43-80-90(8,9)85-68-30-18-16-26-60(68)32-41-77(85)97(80)46-20-23-49-109(101,102)103)28-25-29-63(89)35-44-81-91(10,11)86-69-31-19-17-27-61(69)33-42-78(86)98(81)47-21-24-50-110(104,105)106;/h16-19,26-27,30-39,41-44,52-54,56,59,67H,12-15,20-25,28-29,40,45-51H2,1-11H3,(H4-,92,93,94,95,96,99,100,101,102,103,104,105,106);/q;+1/p-1. The molecule has 0 saturated carbocycles. The van der Waals surface area contributed by atoms with Crippen LogP contribution in [0.5, 0.6) is 0 Å². The van der Waals surface area contributed by atoms with Crippen molar-refractivity contribution in [2.45, 2.75) is 206 Å². The van der Waals surface area contributed by atoms with E-state index in [9.17, 15) is 35.5 Å². The molecule has 8 aromatic rings. The average Bonchev–Trinajstić information content (AvgIpc) is 1.58. The molecule has 5 aromatic carbocycles. The summed E-state index contributed by atoms with van der Waals surface area (Å²) in [6.07, 6.45) is 18.9. The third kappa shape index (κ3) is 16.6. The predicted octanol–water partition coefficient (Wildman–Crippen LogP) is 17.7. The number of carbonyl (C=O) groups excluding carboxylic acids is 2. The molecule has 4 aliphatic heterocycles. The summed E-state index contributed by atoms with van der Waals surface area (Å²) in [5.74, 6) is -1.22. The Kier molecular flexibility index (Phi) is 24.4. The van der Waals surface area contributed by atoms with Gasteiger partial charge in [-0.05, 0) is 221 Å². The summed E-state index contributed by atoms with van der Waals surface area (Å²) in [4.78, 5) is 51.7. The number of benzene rings is 5. The molecule has 20 heteroatoms. The van der Waals surface area contributed by atoms with Crippen LogP contribution in [-0.4, -0.2) is 99.1 Å². The first-order chi connectivity index (χ1) is 52.6. The van der Waals surface area contributed by atoms with Gasteiger partial charge in [0.2, 0.25) is 11.6 Å². The van der Waals surface area contributed by atoms with Crippen molar-refractivity contribution in [2.24, 2.45) is 0 Å². The van der Waals surface area contributed by atoms with E-state index in [0.717, 1.165) is 188 Å². The third-order valence-electron chi connectivity index (χ3n) is 23.9. The van der Waals surface area contributed by atoms with Crippen LogP contribution < -0.4 is 39.8 Å². The molecular formula is C91H102N7NaO9S3. The van der Waals surface area contributed by atoms with Crippen LogP contribution in [0.2, 0.25) is 0 Å². The molecule has 0 radical (unpaired) electrons. The summed E-state index contributed by atoms with van der Waals surface area (Å²) in [5, 5.41) is 7.82. The molecule has 3 atom stereocenters. The third-order valence-corrected chi connectivity index (χ3v) is 26.7. The number of hydrogen-bond donors (Lipinski definition) is 3. The number of allylic oxidation sites excluding steroid dienone is 9. The average molecular weight is 1560 g/mol. The van der Waals surface area contributed by atoms with Gasteiger partial charge in [-0.3, -0.25) is 14.6 Å². The van der Waals surface area contributed by atoms with Crippen molar-refractivity contribution >= 4 is 121 Å². The van der Waals surface area contributed by atoms with Crippen molar-refractivity contribution < 1.29 is 74.4 Å². The number of nitrogens with zero attached hydrogens (tertiary/aromatic N) is 4. The number of ketones is 1. The number of anilines is 2. The number of aromatic amines is 2. The van der Waals surface area contributed by atoms with Crippen molar-refractivity contribution in [3.63, 3.8) is 0 Å². The van der Waals surface area contributed by atoms with Gasteiger partial charge in [0.05, 0.1) is 54.4 Å². The van der Waals surface area contributed by atoms with Crippen LogP contribution in [-0.2, 0) is 47.0 Å². The molecule has 2 aliphatic carbocycles. The number of fused-ring (bicyclic) bond motifs is 14. The van der Waals surface area contributed by atoms with Crippen LogP contribution in [0, 0.1) is 13.8 Å². The first-order valence-electron chi connectivity index (χ1n) is 39.5. The molecule has 16 nitrogen and oxygen atoms in total. The topological polar surface area (TPSA) is 233 Å². The van der Waals surface area contributed by atoms with Crippen molar-refractivity contribution in [3.05, 3.63) is 223 Å². The second-order valence-electron chi connectivity index (χ2n) is 31.9. The molecule has 3 N–H and O–H groups in total. The first-order valence-corrected chi connectivity index (χ1v) is 43.5. The minimum Gasteiger partial charge on any atom is -0.748 e. The van der Waals surface area contributed by atoms with Gasteiger partial charge in [0.1, 0.15) is 6.54 Å². The first kappa shape index (κ1) is 81.2. The Bertz CT molecular complexity index is 5660. The number of ether oxygens (including phenoxy) is 1. The number of aryl methyl sites for hydroxylation is 2. The number of nitrogens with one attached hydrogen (secondary N) is 3. The molecule has 6 aliphatic rings. The minimum atomic E-state index is -4.39. The van der Waals surface area contributed by atoms with E-state index < -0.39 is 42.6 Å². The number of carbonyl (C=O) groups is 2. The fourth-order valence-electron chi connectivity index (χ4n) is 18.2. The van der Waals surface area contributed by atoms with Crippen LogP contribution in [0.3, 0.4) is 0 Å². The van der Waals surface area contributed by atoms with Crippen molar-refractivity contribution in [1.29, 1.82) is 0 Å². The summed E-state index contributed by atoms with van der Waals surface area (Å²) in [5.41, 5.74) is 22.6. The van der Waals surface area contributed by atoms with E-state index >= 15 is 0 Å². The normalized spacial score (nSPS) is 18.4. The van der Waals surface area contributed by atoms with Gasteiger partial charge in [0, 0.05) is 145 Å². The summed E-state index contributed by atoms with van der Waals surface area (Å²) >= 11 is 1.69. The number of aromatic nitrogens is 4. The van der Waals surface area contributed by atoms with E-state index in [1.165, 1.54) is 17.5 Å². The van der Waals surface area contributed by atoms with Gasteiger partial charge in [-0.1, -0.05) is 132 Å². The molecule has 0 spiro atoms. The quantitative estimate of drug-likeness (QED) is 0.0188. The maximum absolute atomic E-state index is 14.6. The van der Waals surface area contributed by atoms with Crippen LogP contribution in [0.15, 0.2) is 166 Å². The van der Waals surface area contributed by atoms with Gasteiger partial charge in [-0.25, -0.2) is 21.8 Å². The maximum atomic E-state index is 14.6. The van der Waals surface area contributed by atoms with Crippen LogP contribution in [0.4, 0.5) is 17.1 Å². The fourth-order valence-corrected chi connectivity index (χ4v) is 20.4. The smallest absolute Gasteiger partial charge is 0.748 e. The molecule has 574 valence electrons. The number of Topliss-reactive ketones (excluding diaryl/α,β-unsaturated/α-hetero) is 1. The van der Waals surface area contributed by atoms with E-state index in [-0.39, 0.29) is 84.9 Å². The second-order valence-corrected chi connectivity index (χ2v) is 36.0. The minimum absolute atomic E-state index is 0. The number of H-pyrrole nitrogens is 2. The zero-order chi connectivity index (χ0) is 77.7. The number of thioether (sulfide) groups is 1. The molecule has 0 saturated heterocycles. The largest absolute Gasteiger partial charge is 1.00 e. The maximum Gasteiger partial charge on any atom is 1.00 e. The summed E-state index contributed by atoms with van der Waals surface area (Å²) in [6, 6.07) is 40.0. The van der Waals surface area contributed by atoms with Gasteiger partial charge in [-0.15, -0.1) is 0 Å². The Balaban J connectivity index is 0.0000108. The fraction of sp³-hybridized carbons (Fsp3) is 0.396. The molecule has 0 fully saturated rings. The Morgan fingerprint density at radius 1 is 0.757 bits per heavy atom. The van der Waals surface area contributed by atoms with Gasteiger partial charge in [-0.2, -0.15) is 4.58 Å². The van der Waals surface area contributed by atoms with Crippen LogP contribution in [0.25, 0.3) is 54.8 Å². The Hall–Kier alpha value is -7.82. The number of amides is 1. The summed E-state index contributed by atoms with van der Waals surface area (Å²) in [7, 11) is -8.78. The molecular weight excluding hydrogens is 1450 g/mol. The number of unbranched alkanes of at least 4 members (excludes halogenated alkanes) is 5.